The van der Waals surface area contributed by atoms with E-state index in [0.29, 0.717) is 6.54 Å². The second-order valence-electron chi connectivity index (χ2n) is 11.1. The highest BCUT2D eigenvalue weighted by molar-refractivity contribution is 5.92. The zero-order valence-corrected chi connectivity index (χ0v) is 23.1. The second kappa shape index (κ2) is 12.8. The zero-order valence-electron chi connectivity index (χ0n) is 23.1. The maximum absolute atomic E-state index is 14.3. The van der Waals surface area contributed by atoms with Crippen LogP contribution in [0.15, 0.2) is 54.6 Å². The Morgan fingerprint density at radius 3 is 2.26 bits per heavy atom. The highest BCUT2D eigenvalue weighted by Gasteiger charge is 2.48. The van der Waals surface area contributed by atoms with Crippen LogP contribution in [0.25, 0.3) is 0 Å². The van der Waals surface area contributed by atoms with Crippen LogP contribution in [0.5, 0.6) is 5.75 Å². The number of carbonyl (C=O) groups excluding carboxylic acids is 3. The van der Waals surface area contributed by atoms with Gasteiger partial charge in [0.15, 0.2) is 0 Å². The molecule has 38 heavy (non-hydrogen) atoms. The first-order valence-corrected chi connectivity index (χ1v) is 13.4. The molecule has 0 aliphatic heterocycles. The zero-order chi connectivity index (χ0) is 27.9. The molecule has 0 radical (unpaired) electrons. The normalized spacial score (nSPS) is 18.1. The van der Waals surface area contributed by atoms with E-state index in [4.69, 9.17) is 4.74 Å². The smallest absolute Gasteiger partial charge is 0.408 e. The molecule has 3 amide bonds. The van der Waals surface area contributed by atoms with E-state index in [-0.39, 0.29) is 35.9 Å². The molecule has 2 aromatic carbocycles. The lowest BCUT2D eigenvalue weighted by atomic mass is 9.99. The number of alkyl carbamates (subject to hydrolysis) is 1. The first-order chi connectivity index (χ1) is 18.0. The lowest BCUT2D eigenvalue weighted by Gasteiger charge is -2.35. The van der Waals surface area contributed by atoms with Crippen LogP contribution in [0.1, 0.15) is 71.0 Å². The van der Waals surface area contributed by atoms with E-state index in [1.54, 1.807) is 49.9 Å². The molecule has 3 rings (SSSR count). The number of hydrogen-bond acceptors (Lipinski definition) is 5. The van der Waals surface area contributed by atoms with Crippen LogP contribution in [0, 0.1) is 5.92 Å². The van der Waals surface area contributed by atoms with E-state index in [1.807, 2.05) is 30.3 Å². The summed E-state index contributed by atoms with van der Waals surface area (Å²) in [5, 5.41) is 15.5. The molecule has 8 heteroatoms. The maximum atomic E-state index is 14.3. The first-order valence-electron chi connectivity index (χ1n) is 13.4. The van der Waals surface area contributed by atoms with Crippen molar-refractivity contribution < 1.29 is 24.2 Å². The third-order valence-corrected chi connectivity index (χ3v) is 6.52. The van der Waals surface area contributed by atoms with Crippen molar-refractivity contribution in [3.05, 3.63) is 65.7 Å². The molecule has 0 heterocycles. The van der Waals surface area contributed by atoms with Crippen molar-refractivity contribution in [2.75, 3.05) is 6.54 Å². The van der Waals surface area contributed by atoms with Crippen molar-refractivity contribution in [1.29, 1.82) is 0 Å². The lowest BCUT2D eigenvalue weighted by molar-refractivity contribution is -0.143. The Labute approximate surface area is 225 Å². The Hall–Kier alpha value is -3.55. The molecule has 1 fully saturated rings. The van der Waals surface area contributed by atoms with Crippen LogP contribution < -0.4 is 10.6 Å². The largest absolute Gasteiger partial charge is 0.508 e. The van der Waals surface area contributed by atoms with Crippen LogP contribution in [0.3, 0.4) is 0 Å². The van der Waals surface area contributed by atoms with Gasteiger partial charge in [-0.25, -0.2) is 4.79 Å². The molecule has 8 nitrogen and oxygen atoms in total. The van der Waals surface area contributed by atoms with Gasteiger partial charge in [0, 0.05) is 19.0 Å². The second-order valence-corrected chi connectivity index (χ2v) is 11.1. The number of amides is 3. The van der Waals surface area contributed by atoms with Crippen molar-refractivity contribution in [2.24, 2.45) is 5.92 Å². The maximum Gasteiger partial charge on any atom is 0.408 e. The number of carbonyl (C=O) groups is 3. The van der Waals surface area contributed by atoms with Gasteiger partial charge < -0.3 is 25.4 Å². The number of hydrogen-bond donors (Lipinski definition) is 3. The van der Waals surface area contributed by atoms with Gasteiger partial charge in [-0.1, -0.05) is 62.7 Å². The number of nitrogens with one attached hydrogen (secondary N) is 2. The topological polar surface area (TPSA) is 108 Å². The van der Waals surface area contributed by atoms with Gasteiger partial charge in [-0.15, -0.1) is 0 Å². The number of unbranched alkanes of at least 4 members (excludes halogenated alkanes) is 1. The van der Waals surface area contributed by atoms with Gasteiger partial charge in [-0.3, -0.25) is 9.59 Å². The number of phenolic OH excluding ortho intramolecular Hbond substituents is 1. The Morgan fingerprint density at radius 2 is 1.71 bits per heavy atom. The number of phenols is 1. The van der Waals surface area contributed by atoms with Crippen molar-refractivity contribution in [3.8, 4) is 5.75 Å². The summed E-state index contributed by atoms with van der Waals surface area (Å²) in [5.74, 6) is -0.252. The molecule has 0 aromatic heterocycles. The molecule has 1 saturated carbocycles. The van der Waals surface area contributed by atoms with Gasteiger partial charge in [-0.2, -0.15) is 0 Å². The van der Waals surface area contributed by atoms with Gasteiger partial charge in [-0.05, 0) is 62.8 Å². The quantitative estimate of drug-likeness (QED) is 0.369. The SMILES string of the molecule is CCCCNC(=O)C(c1ccccc1)N(C(=O)C(Cc1ccc(O)cc1)NC(=O)OC(C)(C)C)C1CC1C. The number of ether oxygens (including phenoxy) is 1. The molecular formula is C30H41N3O5. The monoisotopic (exact) mass is 523 g/mol. The van der Waals surface area contributed by atoms with Crippen LogP contribution in [-0.4, -0.2) is 52.1 Å². The molecule has 206 valence electrons. The minimum atomic E-state index is -0.975. The van der Waals surface area contributed by atoms with E-state index >= 15 is 0 Å². The minimum absolute atomic E-state index is 0.109. The Morgan fingerprint density at radius 1 is 1.08 bits per heavy atom. The molecule has 1 aliphatic carbocycles. The average molecular weight is 524 g/mol. The molecule has 0 bridgehead atoms. The fraction of sp³-hybridized carbons (Fsp3) is 0.500. The number of rotatable bonds is 11. The number of benzene rings is 2. The van der Waals surface area contributed by atoms with E-state index < -0.39 is 23.8 Å². The molecule has 4 unspecified atom stereocenters. The van der Waals surface area contributed by atoms with Gasteiger partial charge in [0.1, 0.15) is 23.4 Å². The summed E-state index contributed by atoms with van der Waals surface area (Å²) >= 11 is 0. The molecule has 4 atom stereocenters. The van der Waals surface area contributed by atoms with E-state index in [2.05, 4.69) is 24.5 Å². The van der Waals surface area contributed by atoms with E-state index in [0.717, 1.165) is 30.4 Å². The van der Waals surface area contributed by atoms with Crippen LogP contribution in [-0.2, 0) is 20.7 Å². The summed E-state index contributed by atoms with van der Waals surface area (Å²) < 4.78 is 5.47. The standard InChI is InChI=1S/C30H41N3O5/c1-6-7-17-31-27(35)26(22-11-9-8-10-12-22)33(25-18-20(25)2)28(36)24(32-29(37)38-30(3,4)5)19-21-13-15-23(34)16-14-21/h8-16,20,24-26,34H,6-7,17-19H2,1-5H3,(H,31,35)(H,32,37). The Bertz CT molecular complexity index is 1080. The lowest BCUT2D eigenvalue weighted by Crippen LogP contribution is -2.54. The van der Waals surface area contributed by atoms with Crippen molar-refractivity contribution in [3.63, 3.8) is 0 Å². The molecule has 3 N–H and O–H groups in total. The van der Waals surface area contributed by atoms with Crippen LogP contribution in [0.2, 0.25) is 0 Å². The van der Waals surface area contributed by atoms with E-state index in [9.17, 15) is 19.5 Å². The van der Waals surface area contributed by atoms with Gasteiger partial charge in [0.2, 0.25) is 11.8 Å². The minimum Gasteiger partial charge on any atom is -0.508 e. The van der Waals surface area contributed by atoms with Crippen molar-refractivity contribution in [2.45, 2.75) is 84.0 Å². The number of nitrogens with zero attached hydrogens (tertiary/aromatic N) is 1. The fourth-order valence-corrected chi connectivity index (χ4v) is 4.43. The molecule has 0 saturated heterocycles. The first kappa shape index (κ1) is 29.0. The average Bonchev–Trinajstić information content (AvgIpc) is 3.58. The van der Waals surface area contributed by atoms with Gasteiger partial charge >= 0.3 is 6.09 Å². The van der Waals surface area contributed by atoms with Gasteiger partial charge in [0.05, 0.1) is 0 Å². The summed E-state index contributed by atoms with van der Waals surface area (Å²) in [6.07, 6.45) is 2.02. The Kier molecular flexibility index (Phi) is 9.78. The summed E-state index contributed by atoms with van der Waals surface area (Å²) in [7, 11) is 0. The van der Waals surface area contributed by atoms with Crippen LogP contribution in [0.4, 0.5) is 4.79 Å². The van der Waals surface area contributed by atoms with Crippen LogP contribution >= 0.6 is 0 Å². The fourth-order valence-electron chi connectivity index (χ4n) is 4.43. The van der Waals surface area contributed by atoms with Crippen molar-refractivity contribution in [1.82, 2.24) is 15.5 Å². The third kappa shape index (κ3) is 8.23. The number of aromatic hydroxyl groups is 1. The van der Waals surface area contributed by atoms with E-state index in [1.165, 1.54) is 0 Å². The molecule has 2 aromatic rings. The Balaban J connectivity index is 1.98. The highest BCUT2D eigenvalue weighted by atomic mass is 16.6. The molecule has 0 spiro atoms. The summed E-state index contributed by atoms with van der Waals surface area (Å²) in [4.78, 5) is 42.4. The van der Waals surface area contributed by atoms with Gasteiger partial charge in [0.25, 0.3) is 0 Å². The highest BCUT2D eigenvalue weighted by Crippen LogP contribution is 2.40. The summed E-state index contributed by atoms with van der Waals surface area (Å²) in [6, 6.07) is 13.9. The molecule has 1 aliphatic rings. The predicted molar refractivity (Wildman–Crippen MR) is 146 cm³/mol. The molecular weight excluding hydrogens is 482 g/mol. The summed E-state index contributed by atoms with van der Waals surface area (Å²) in [5.41, 5.74) is 0.728. The third-order valence-electron chi connectivity index (χ3n) is 6.52. The summed E-state index contributed by atoms with van der Waals surface area (Å²) in [6.45, 7) is 9.90. The van der Waals surface area contributed by atoms with Crippen molar-refractivity contribution >= 4 is 17.9 Å². The predicted octanol–water partition coefficient (Wildman–Crippen LogP) is 4.72.